The second-order valence-electron chi connectivity index (χ2n) is 8.44. The van der Waals surface area contributed by atoms with Crippen molar-refractivity contribution in [1.29, 1.82) is 0 Å². The number of hydrogen-bond acceptors (Lipinski definition) is 8. The standard InChI is InChI=1S/C15H16N4O2.C8H16N2/c1-2-4-13-12(3-1)18-14-11(9-21-13)15(17-10-16-14)19-5-7-20-8-6-19;1-2-4-10(5-3-1)8-6-9-7-8/h1-4,10H,5-9H2,(H,16,17,18);8-9H,1-7H2. The summed E-state index contributed by atoms with van der Waals surface area (Å²) in [4.78, 5) is 13.7. The first kappa shape index (κ1) is 20.5. The van der Waals surface area contributed by atoms with Crippen LogP contribution in [-0.2, 0) is 11.3 Å². The van der Waals surface area contributed by atoms with Crippen LogP contribution < -0.4 is 20.3 Å². The highest BCUT2D eigenvalue weighted by atomic mass is 16.5. The molecule has 2 aromatic rings. The van der Waals surface area contributed by atoms with E-state index in [1.807, 2.05) is 24.3 Å². The van der Waals surface area contributed by atoms with Crippen LogP contribution in [0, 0.1) is 0 Å². The van der Waals surface area contributed by atoms with E-state index in [2.05, 4.69) is 30.4 Å². The van der Waals surface area contributed by atoms with Gasteiger partial charge < -0.3 is 25.0 Å². The van der Waals surface area contributed by atoms with Gasteiger partial charge in [0.1, 0.15) is 30.3 Å². The third-order valence-corrected chi connectivity index (χ3v) is 6.41. The topological polar surface area (TPSA) is 74.8 Å². The number of anilines is 3. The van der Waals surface area contributed by atoms with Gasteiger partial charge in [-0.1, -0.05) is 18.6 Å². The fraction of sp³-hybridized carbons (Fsp3) is 0.565. The summed E-state index contributed by atoms with van der Waals surface area (Å²) in [5, 5.41) is 6.67. The zero-order valence-corrected chi connectivity index (χ0v) is 18.1. The molecule has 0 unspecified atom stereocenters. The number of para-hydroxylation sites is 2. The van der Waals surface area contributed by atoms with Gasteiger partial charge in [-0.05, 0) is 38.1 Å². The van der Waals surface area contributed by atoms with E-state index in [9.17, 15) is 0 Å². The van der Waals surface area contributed by atoms with Crippen LogP contribution >= 0.6 is 0 Å². The van der Waals surface area contributed by atoms with Crippen molar-refractivity contribution in [3.05, 3.63) is 36.2 Å². The molecule has 1 aromatic carbocycles. The number of piperidine rings is 1. The van der Waals surface area contributed by atoms with Gasteiger partial charge in [0.15, 0.2) is 0 Å². The quantitative estimate of drug-likeness (QED) is 0.761. The van der Waals surface area contributed by atoms with Crippen LogP contribution in [0.1, 0.15) is 24.8 Å². The summed E-state index contributed by atoms with van der Waals surface area (Å²) in [6.45, 7) is 8.79. The molecule has 0 bridgehead atoms. The van der Waals surface area contributed by atoms with Crippen LogP contribution in [0.5, 0.6) is 5.75 Å². The van der Waals surface area contributed by atoms with Gasteiger partial charge in [0.05, 0.1) is 24.5 Å². The zero-order valence-electron chi connectivity index (χ0n) is 18.1. The Bertz CT molecular complexity index is 863. The molecule has 1 aromatic heterocycles. The van der Waals surface area contributed by atoms with Crippen molar-refractivity contribution in [2.45, 2.75) is 31.9 Å². The number of aromatic nitrogens is 2. The van der Waals surface area contributed by atoms with Crippen molar-refractivity contribution < 1.29 is 9.47 Å². The fourth-order valence-electron chi connectivity index (χ4n) is 4.48. The molecule has 166 valence electrons. The molecule has 2 N–H and O–H groups in total. The molecule has 4 aliphatic heterocycles. The third kappa shape index (κ3) is 4.76. The van der Waals surface area contributed by atoms with E-state index < -0.39 is 0 Å². The molecule has 3 saturated heterocycles. The van der Waals surface area contributed by atoms with Crippen molar-refractivity contribution in [3.8, 4) is 5.75 Å². The van der Waals surface area contributed by atoms with Crippen molar-refractivity contribution in [2.24, 2.45) is 0 Å². The highest BCUT2D eigenvalue weighted by Crippen LogP contribution is 2.35. The lowest BCUT2D eigenvalue weighted by Crippen LogP contribution is -2.58. The fourth-order valence-corrected chi connectivity index (χ4v) is 4.48. The Hall–Kier alpha value is -2.42. The number of nitrogens with zero attached hydrogens (tertiary/aromatic N) is 4. The number of rotatable bonds is 2. The Morgan fingerprint density at radius 3 is 2.52 bits per heavy atom. The monoisotopic (exact) mass is 424 g/mol. The van der Waals surface area contributed by atoms with Crippen LogP contribution in [0.15, 0.2) is 30.6 Å². The Balaban J connectivity index is 0.000000171. The van der Waals surface area contributed by atoms with Gasteiger partial charge >= 0.3 is 0 Å². The van der Waals surface area contributed by atoms with Gasteiger partial charge in [0, 0.05) is 32.2 Å². The summed E-state index contributed by atoms with van der Waals surface area (Å²) < 4.78 is 11.3. The highest BCUT2D eigenvalue weighted by Gasteiger charge is 2.25. The molecule has 0 atom stereocenters. The molecule has 8 heteroatoms. The average molecular weight is 425 g/mol. The first-order valence-corrected chi connectivity index (χ1v) is 11.5. The van der Waals surface area contributed by atoms with E-state index in [0.717, 1.165) is 61.0 Å². The third-order valence-electron chi connectivity index (χ3n) is 6.41. The molecule has 0 saturated carbocycles. The smallest absolute Gasteiger partial charge is 0.143 e. The first-order valence-electron chi connectivity index (χ1n) is 11.5. The second kappa shape index (κ2) is 9.80. The predicted molar refractivity (Wildman–Crippen MR) is 121 cm³/mol. The van der Waals surface area contributed by atoms with Crippen LogP contribution in [0.3, 0.4) is 0 Å². The minimum Gasteiger partial charge on any atom is -0.486 e. The summed E-state index contributed by atoms with van der Waals surface area (Å²) in [5.41, 5.74) is 1.93. The first-order chi connectivity index (χ1) is 15.4. The number of likely N-dealkylation sites (tertiary alicyclic amines) is 1. The van der Waals surface area contributed by atoms with Crippen molar-refractivity contribution in [2.75, 3.05) is 62.7 Å². The minimum atomic E-state index is 0.465. The lowest BCUT2D eigenvalue weighted by atomic mass is 10.1. The molecule has 31 heavy (non-hydrogen) atoms. The number of benzene rings is 1. The van der Waals surface area contributed by atoms with Gasteiger partial charge in [-0.3, -0.25) is 4.90 Å². The minimum absolute atomic E-state index is 0.465. The Morgan fingerprint density at radius 1 is 0.935 bits per heavy atom. The molecule has 0 aliphatic carbocycles. The second-order valence-corrected chi connectivity index (χ2v) is 8.44. The summed E-state index contributed by atoms with van der Waals surface area (Å²) in [6.07, 6.45) is 5.91. The van der Waals surface area contributed by atoms with Gasteiger partial charge in [-0.2, -0.15) is 0 Å². The molecule has 6 rings (SSSR count). The van der Waals surface area contributed by atoms with Crippen molar-refractivity contribution in [1.82, 2.24) is 20.2 Å². The molecule has 0 radical (unpaired) electrons. The van der Waals surface area contributed by atoms with E-state index >= 15 is 0 Å². The van der Waals surface area contributed by atoms with Gasteiger partial charge in [0.25, 0.3) is 0 Å². The molecular weight excluding hydrogens is 392 g/mol. The average Bonchev–Trinajstić information content (AvgIpc) is 2.99. The Kier molecular flexibility index (Phi) is 6.48. The molecule has 0 amide bonds. The molecular formula is C23H32N6O2. The summed E-state index contributed by atoms with van der Waals surface area (Å²) in [7, 11) is 0. The predicted octanol–water partition coefficient (Wildman–Crippen LogP) is 2.39. The summed E-state index contributed by atoms with van der Waals surface area (Å²) in [6, 6.07) is 8.77. The van der Waals surface area contributed by atoms with E-state index in [0.29, 0.717) is 6.61 Å². The number of hydrogen-bond donors (Lipinski definition) is 2. The van der Waals surface area contributed by atoms with E-state index in [-0.39, 0.29) is 0 Å². The van der Waals surface area contributed by atoms with Gasteiger partial charge in [0.2, 0.25) is 0 Å². The molecule has 3 fully saturated rings. The lowest BCUT2D eigenvalue weighted by molar-refractivity contribution is 0.121. The number of nitrogens with one attached hydrogen (secondary N) is 2. The Labute approximate surface area is 184 Å². The van der Waals surface area contributed by atoms with Gasteiger partial charge in [-0.15, -0.1) is 0 Å². The zero-order chi connectivity index (χ0) is 20.9. The number of fused-ring (bicyclic) bond motifs is 2. The normalized spacial score (nSPS) is 21.2. The maximum Gasteiger partial charge on any atom is 0.143 e. The van der Waals surface area contributed by atoms with Crippen molar-refractivity contribution in [3.63, 3.8) is 0 Å². The maximum absolute atomic E-state index is 5.91. The molecule has 4 aliphatic rings. The summed E-state index contributed by atoms with van der Waals surface area (Å²) in [5.74, 6) is 2.59. The van der Waals surface area contributed by atoms with E-state index in [1.165, 1.54) is 45.4 Å². The Morgan fingerprint density at radius 2 is 1.74 bits per heavy atom. The van der Waals surface area contributed by atoms with Gasteiger partial charge in [-0.25, -0.2) is 9.97 Å². The molecule has 8 nitrogen and oxygen atoms in total. The van der Waals surface area contributed by atoms with E-state index in [4.69, 9.17) is 9.47 Å². The van der Waals surface area contributed by atoms with Crippen LogP contribution in [0.4, 0.5) is 17.3 Å². The number of ether oxygens (including phenoxy) is 2. The summed E-state index contributed by atoms with van der Waals surface area (Å²) >= 11 is 0. The van der Waals surface area contributed by atoms with Crippen molar-refractivity contribution >= 4 is 17.3 Å². The maximum atomic E-state index is 5.91. The highest BCUT2D eigenvalue weighted by molar-refractivity contribution is 5.70. The molecule has 0 spiro atoms. The van der Waals surface area contributed by atoms with Crippen LogP contribution in [-0.4, -0.2) is 73.4 Å². The number of morpholine rings is 1. The van der Waals surface area contributed by atoms with Crippen LogP contribution in [0.2, 0.25) is 0 Å². The largest absolute Gasteiger partial charge is 0.486 e. The van der Waals surface area contributed by atoms with Crippen LogP contribution in [0.25, 0.3) is 0 Å². The lowest BCUT2D eigenvalue weighted by Gasteiger charge is -2.40. The molecule has 5 heterocycles. The SMILES string of the molecule is C1CCN(C2CNC2)CC1.c1ccc2c(c1)Nc1ncnc(N3CCOCC3)c1CO2. The van der Waals surface area contributed by atoms with E-state index in [1.54, 1.807) is 6.33 Å².